The van der Waals surface area contributed by atoms with Crippen molar-refractivity contribution in [3.05, 3.63) is 23.0 Å². The smallest absolute Gasteiger partial charge is 0.454 e. The van der Waals surface area contributed by atoms with E-state index in [2.05, 4.69) is 6.92 Å². The number of carbonyl (C=O) groups excluding carboxylic acids is 1. The summed E-state index contributed by atoms with van der Waals surface area (Å²) in [6, 6.07) is 0. The number of carbonyl (C=O) groups is 1. The lowest BCUT2D eigenvalue weighted by Gasteiger charge is -2.57. The molecule has 0 spiro atoms. The fourth-order valence-corrected chi connectivity index (χ4v) is 6.86. The van der Waals surface area contributed by atoms with Gasteiger partial charge in [0.2, 0.25) is 0 Å². The van der Waals surface area contributed by atoms with E-state index in [1.165, 1.54) is 6.08 Å². The fourth-order valence-electron chi connectivity index (χ4n) is 6.86. The van der Waals surface area contributed by atoms with Crippen molar-refractivity contribution in [2.24, 2.45) is 28.6 Å². The lowest BCUT2D eigenvalue weighted by Crippen LogP contribution is -2.51. The Kier molecular flexibility index (Phi) is 4.12. The fraction of sp³-hybridized carbons (Fsp3) is 0.762. The molecule has 6 atom stereocenters. The Bertz CT molecular complexity index is 737. The number of aliphatic hydroxyl groups is 2. The van der Waals surface area contributed by atoms with Gasteiger partial charge in [-0.25, -0.2) is 0 Å². The van der Waals surface area contributed by atoms with Gasteiger partial charge in [0, 0.05) is 5.57 Å². The lowest BCUT2D eigenvalue weighted by atomic mass is 9.47. The Morgan fingerprint density at radius 1 is 1.15 bits per heavy atom. The predicted octanol–water partition coefficient (Wildman–Crippen LogP) is 4.86. The second-order valence-electron chi connectivity index (χ2n) is 9.51. The van der Waals surface area contributed by atoms with E-state index in [1.807, 2.05) is 6.92 Å². The van der Waals surface area contributed by atoms with Crippen molar-refractivity contribution in [3.8, 4) is 0 Å². The summed E-state index contributed by atoms with van der Waals surface area (Å²) in [6.07, 6.45) is 1.24. The van der Waals surface area contributed by atoms with Crippen LogP contribution < -0.4 is 0 Å². The molecule has 2 N–H and O–H groups in total. The number of hydrogen-bond acceptors (Lipinski definition) is 3. The molecule has 4 aliphatic carbocycles. The monoisotopic (exact) mass is 384 g/mol. The second kappa shape index (κ2) is 5.85. The molecule has 0 radical (unpaired) electrons. The van der Waals surface area contributed by atoms with Crippen LogP contribution in [-0.4, -0.2) is 28.3 Å². The first kappa shape index (κ1) is 19.0. The highest BCUT2D eigenvalue weighted by Gasteiger charge is 2.59. The molecule has 0 heterocycles. The van der Waals surface area contributed by atoms with E-state index in [9.17, 15) is 28.2 Å². The molecule has 0 aliphatic heterocycles. The molecule has 0 saturated heterocycles. The van der Waals surface area contributed by atoms with Gasteiger partial charge in [-0.2, -0.15) is 13.2 Å². The Hall–Kier alpha value is -1.30. The molecule has 4 aliphatic rings. The van der Waals surface area contributed by atoms with Gasteiger partial charge in [0.25, 0.3) is 5.78 Å². The van der Waals surface area contributed by atoms with E-state index in [-0.39, 0.29) is 23.9 Å². The van der Waals surface area contributed by atoms with Gasteiger partial charge in [0.1, 0.15) is 5.76 Å². The van der Waals surface area contributed by atoms with E-state index in [0.29, 0.717) is 11.8 Å². The van der Waals surface area contributed by atoms with Gasteiger partial charge in [0.05, 0.1) is 6.10 Å². The third-order valence-electron chi connectivity index (χ3n) is 8.38. The zero-order valence-corrected chi connectivity index (χ0v) is 15.8. The molecule has 6 heteroatoms. The van der Waals surface area contributed by atoms with E-state index in [1.54, 1.807) is 0 Å². The average molecular weight is 384 g/mol. The van der Waals surface area contributed by atoms with Crippen LogP contribution in [0.25, 0.3) is 0 Å². The molecule has 0 unspecified atom stereocenters. The summed E-state index contributed by atoms with van der Waals surface area (Å²) in [5, 5.41) is 20.6. The molecule has 0 aromatic heterocycles. The van der Waals surface area contributed by atoms with Crippen LogP contribution in [-0.2, 0) is 4.79 Å². The number of halogens is 3. The number of hydrogen-bond donors (Lipinski definition) is 2. The van der Waals surface area contributed by atoms with Gasteiger partial charge in [-0.15, -0.1) is 0 Å². The summed E-state index contributed by atoms with van der Waals surface area (Å²) in [4.78, 5) is 11.9. The van der Waals surface area contributed by atoms with Crippen molar-refractivity contribution in [1.29, 1.82) is 0 Å². The quantitative estimate of drug-likeness (QED) is 0.679. The normalized spacial score (nSPS) is 44.3. The van der Waals surface area contributed by atoms with Gasteiger partial charge in [-0.05, 0) is 79.6 Å². The topological polar surface area (TPSA) is 57.5 Å². The highest BCUT2D eigenvalue weighted by molar-refractivity contribution is 6.00. The highest BCUT2D eigenvalue weighted by atomic mass is 19.4. The predicted molar refractivity (Wildman–Crippen MR) is 93.8 cm³/mol. The molecule has 0 aromatic rings. The lowest BCUT2D eigenvalue weighted by molar-refractivity contribution is -0.167. The molecular weight excluding hydrogens is 357 g/mol. The van der Waals surface area contributed by atoms with Crippen LogP contribution in [0.2, 0.25) is 0 Å². The van der Waals surface area contributed by atoms with Crippen LogP contribution >= 0.6 is 0 Å². The van der Waals surface area contributed by atoms with Crippen molar-refractivity contribution in [2.75, 3.05) is 0 Å². The van der Waals surface area contributed by atoms with Gasteiger partial charge >= 0.3 is 6.18 Å². The summed E-state index contributed by atoms with van der Waals surface area (Å²) < 4.78 is 39.0. The van der Waals surface area contributed by atoms with Crippen LogP contribution in [0.1, 0.15) is 58.8 Å². The first-order valence-corrected chi connectivity index (χ1v) is 9.91. The number of Topliss-reactive ketones (excluding diaryl/α,β-unsaturated/α-hetero) is 1. The maximum absolute atomic E-state index is 13.0. The summed E-state index contributed by atoms with van der Waals surface area (Å²) >= 11 is 0. The number of allylic oxidation sites excluding steroid dienone is 3. The molecule has 150 valence electrons. The Morgan fingerprint density at radius 3 is 2.52 bits per heavy atom. The summed E-state index contributed by atoms with van der Waals surface area (Å²) in [6.45, 7) is 4.13. The molecule has 0 aromatic carbocycles. The van der Waals surface area contributed by atoms with Crippen LogP contribution in [0.3, 0.4) is 0 Å². The first-order valence-electron chi connectivity index (χ1n) is 9.91. The van der Waals surface area contributed by atoms with E-state index in [4.69, 9.17) is 0 Å². The Balaban J connectivity index is 1.69. The SMILES string of the molecule is C[C@@]12CC[C@@H]3[C@H](CCC4=CC(O)=C(C(=O)C(F)(F)F)C[C@@]43C)[C@H]1CC[C@H]2O. The van der Waals surface area contributed by atoms with Gasteiger partial charge in [-0.3, -0.25) is 4.79 Å². The zero-order chi connectivity index (χ0) is 19.8. The summed E-state index contributed by atoms with van der Waals surface area (Å²) in [7, 11) is 0. The third-order valence-corrected chi connectivity index (χ3v) is 8.38. The van der Waals surface area contributed by atoms with Gasteiger partial charge in [0.15, 0.2) is 0 Å². The van der Waals surface area contributed by atoms with E-state index < -0.39 is 28.7 Å². The average Bonchev–Trinajstić information content (AvgIpc) is 2.89. The molecule has 3 nitrogen and oxygen atoms in total. The number of alkyl halides is 3. The maximum atomic E-state index is 13.0. The van der Waals surface area contributed by atoms with E-state index >= 15 is 0 Å². The standard InChI is InChI=1S/C21H27F3O3/c1-19-8-7-15-12(14(19)5-6-17(19)26)4-3-11-9-16(25)13(10-20(11,15)2)18(27)21(22,23)24/h9,12,14-15,17,25-26H,3-8,10H2,1-2H3/t12-,14-,15-,17-,19-,20+/m1/s1. The first-order chi connectivity index (χ1) is 12.5. The Morgan fingerprint density at radius 2 is 1.85 bits per heavy atom. The van der Waals surface area contributed by atoms with Crippen molar-refractivity contribution in [1.82, 2.24) is 0 Å². The molecule has 27 heavy (non-hydrogen) atoms. The summed E-state index contributed by atoms with van der Waals surface area (Å²) in [5.41, 5.74) is -0.146. The molecule has 3 fully saturated rings. The molecule has 3 saturated carbocycles. The number of ketones is 1. The van der Waals surface area contributed by atoms with Crippen molar-refractivity contribution < 1.29 is 28.2 Å². The number of rotatable bonds is 1. The van der Waals surface area contributed by atoms with E-state index in [0.717, 1.165) is 44.1 Å². The molecular formula is C21H27F3O3. The van der Waals surface area contributed by atoms with Gasteiger partial charge < -0.3 is 10.2 Å². The summed E-state index contributed by atoms with van der Waals surface area (Å²) in [5.74, 6) is -1.52. The second-order valence-corrected chi connectivity index (χ2v) is 9.51. The van der Waals surface area contributed by atoms with Crippen molar-refractivity contribution in [3.63, 3.8) is 0 Å². The number of fused-ring (bicyclic) bond motifs is 5. The van der Waals surface area contributed by atoms with Crippen LogP contribution in [0.15, 0.2) is 23.0 Å². The Labute approximate surface area is 157 Å². The molecule has 0 amide bonds. The maximum Gasteiger partial charge on any atom is 0.454 e. The van der Waals surface area contributed by atoms with Crippen LogP contribution in [0, 0.1) is 28.6 Å². The largest absolute Gasteiger partial charge is 0.508 e. The molecule has 0 bridgehead atoms. The zero-order valence-electron chi connectivity index (χ0n) is 15.8. The van der Waals surface area contributed by atoms with Crippen LogP contribution in [0.4, 0.5) is 13.2 Å². The minimum absolute atomic E-state index is 0.0455. The van der Waals surface area contributed by atoms with Crippen molar-refractivity contribution >= 4 is 5.78 Å². The minimum atomic E-state index is -4.97. The third kappa shape index (κ3) is 2.62. The van der Waals surface area contributed by atoms with Gasteiger partial charge in [-0.1, -0.05) is 19.4 Å². The van der Waals surface area contributed by atoms with Crippen molar-refractivity contribution in [2.45, 2.75) is 71.1 Å². The highest BCUT2D eigenvalue weighted by Crippen LogP contribution is 2.65. The number of aliphatic hydroxyl groups excluding tert-OH is 2. The van der Waals surface area contributed by atoms with Crippen LogP contribution in [0.5, 0.6) is 0 Å². The minimum Gasteiger partial charge on any atom is -0.508 e. The molecule has 4 rings (SSSR count).